The van der Waals surface area contributed by atoms with Gasteiger partial charge in [0.2, 0.25) is 11.9 Å². The minimum absolute atomic E-state index is 0.0107. The summed E-state index contributed by atoms with van der Waals surface area (Å²) < 4.78 is 10.2. The molecular weight excluding hydrogens is 554 g/mol. The van der Waals surface area contributed by atoms with Crippen molar-refractivity contribution in [2.24, 2.45) is 5.41 Å². The number of anilines is 1. The predicted molar refractivity (Wildman–Crippen MR) is 157 cm³/mol. The molecule has 12 heteroatoms. The summed E-state index contributed by atoms with van der Waals surface area (Å²) in [6.45, 7) is 9.13. The van der Waals surface area contributed by atoms with Gasteiger partial charge in [-0.05, 0) is 50.1 Å². The van der Waals surface area contributed by atoms with Crippen LogP contribution < -0.4 is 10.9 Å². The highest BCUT2D eigenvalue weighted by Crippen LogP contribution is 2.28. The molecule has 2 N–H and O–H groups in total. The smallest absolute Gasteiger partial charge is 0.328 e. The van der Waals surface area contributed by atoms with Gasteiger partial charge in [0.05, 0.1) is 18.6 Å². The Balaban J connectivity index is 1.53. The van der Waals surface area contributed by atoms with Crippen LogP contribution in [0.15, 0.2) is 35.3 Å². The molecule has 1 atom stereocenters. The summed E-state index contributed by atoms with van der Waals surface area (Å²) in [7, 11) is 0. The first-order valence-corrected chi connectivity index (χ1v) is 13.9. The van der Waals surface area contributed by atoms with E-state index < -0.39 is 29.0 Å². The summed E-state index contributed by atoms with van der Waals surface area (Å²) in [5.41, 5.74) is 1.22. The van der Waals surface area contributed by atoms with E-state index in [0.29, 0.717) is 22.3 Å². The van der Waals surface area contributed by atoms with Crippen LogP contribution in [0.4, 0.5) is 5.95 Å². The maximum Gasteiger partial charge on any atom is 0.328 e. The zero-order valence-electron chi connectivity index (χ0n) is 24.7. The van der Waals surface area contributed by atoms with Crippen molar-refractivity contribution in [1.82, 2.24) is 19.9 Å². The number of carbonyl (C=O) groups is 4. The van der Waals surface area contributed by atoms with E-state index in [-0.39, 0.29) is 61.4 Å². The van der Waals surface area contributed by atoms with Crippen LogP contribution in [-0.4, -0.2) is 62.9 Å². The van der Waals surface area contributed by atoms with Crippen LogP contribution in [0.2, 0.25) is 0 Å². The van der Waals surface area contributed by atoms with Crippen molar-refractivity contribution in [3.63, 3.8) is 0 Å². The Hall–Kier alpha value is -5.05. The maximum atomic E-state index is 13.2. The fourth-order valence-corrected chi connectivity index (χ4v) is 4.39. The molecule has 0 spiro atoms. The van der Waals surface area contributed by atoms with Crippen LogP contribution in [0, 0.1) is 17.3 Å². The van der Waals surface area contributed by atoms with E-state index in [2.05, 4.69) is 32.1 Å². The number of esters is 2. The summed E-state index contributed by atoms with van der Waals surface area (Å²) in [5, 5.41) is 2.80. The average molecular weight is 588 g/mol. The highest BCUT2D eigenvalue weighted by atomic mass is 16.5. The zero-order valence-corrected chi connectivity index (χ0v) is 24.7. The van der Waals surface area contributed by atoms with Crippen molar-refractivity contribution in [1.29, 1.82) is 0 Å². The van der Waals surface area contributed by atoms with Gasteiger partial charge in [-0.25, -0.2) is 9.78 Å². The Morgan fingerprint density at radius 3 is 2.49 bits per heavy atom. The van der Waals surface area contributed by atoms with Crippen LogP contribution in [-0.2, 0) is 30.4 Å². The molecule has 2 aromatic heterocycles. The molecule has 0 unspecified atom stereocenters. The second-order valence-corrected chi connectivity index (χ2v) is 10.9. The molecule has 3 aromatic rings. The number of hydrogen-bond donors (Lipinski definition) is 2. The number of nitrogens with zero attached hydrogens (tertiary/aromatic N) is 3. The van der Waals surface area contributed by atoms with Crippen LogP contribution in [0.5, 0.6) is 0 Å². The molecule has 12 nitrogen and oxygen atoms in total. The number of pyridine rings is 1. The number of carbonyl (C=O) groups excluding carboxylic acids is 4. The fraction of sp³-hybridized carbons (Fsp3) is 0.387. The highest BCUT2D eigenvalue weighted by Gasteiger charge is 2.37. The lowest BCUT2D eigenvalue weighted by atomic mass is 9.96. The first kappa shape index (κ1) is 30.9. The number of H-pyrrole nitrogens is 1. The highest BCUT2D eigenvalue weighted by molar-refractivity contribution is 6.01. The number of aromatic nitrogens is 3. The lowest BCUT2D eigenvalue weighted by molar-refractivity contribution is -0.150. The van der Waals surface area contributed by atoms with Gasteiger partial charge in [0.15, 0.2) is 5.65 Å². The molecule has 0 bridgehead atoms. The first-order valence-electron chi connectivity index (χ1n) is 13.9. The van der Waals surface area contributed by atoms with E-state index in [1.165, 1.54) is 11.1 Å². The third kappa shape index (κ3) is 7.24. The van der Waals surface area contributed by atoms with Crippen LogP contribution in [0.25, 0.3) is 11.0 Å². The molecule has 0 radical (unpaired) electrons. The molecule has 1 aliphatic rings. The van der Waals surface area contributed by atoms with Gasteiger partial charge in [0.1, 0.15) is 6.04 Å². The maximum absolute atomic E-state index is 13.2. The summed E-state index contributed by atoms with van der Waals surface area (Å²) in [5.74, 6) is 4.34. The van der Waals surface area contributed by atoms with Crippen molar-refractivity contribution in [2.45, 2.75) is 60.0 Å². The number of fused-ring (bicyclic) bond motifs is 2. The molecule has 224 valence electrons. The molecule has 1 aromatic carbocycles. The van der Waals surface area contributed by atoms with E-state index in [1.807, 2.05) is 0 Å². The van der Waals surface area contributed by atoms with Gasteiger partial charge < -0.3 is 14.4 Å². The quantitative estimate of drug-likeness (QED) is 0.298. The van der Waals surface area contributed by atoms with E-state index >= 15 is 0 Å². The van der Waals surface area contributed by atoms with E-state index in [9.17, 15) is 24.0 Å². The Labute approximate surface area is 248 Å². The molecule has 0 saturated carbocycles. The first-order chi connectivity index (χ1) is 20.4. The zero-order chi connectivity index (χ0) is 31.3. The number of amides is 2. The second-order valence-electron chi connectivity index (χ2n) is 10.9. The number of benzene rings is 1. The predicted octanol–water partition coefficient (Wildman–Crippen LogP) is 2.93. The summed E-state index contributed by atoms with van der Waals surface area (Å²) >= 11 is 0. The number of ether oxygens (including phenoxy) is 2. The molecule has 43 heavy (non-hydrogen) atoms. The average Bonchev–Trinajstić information content (AvgIpc) is 3.27. The van der Waals surface area contributed by atoms with Gasteiger partial charge in [-0.3, -0.25) is 29.5 Å². The number of hydrogen-bond acceptors (Lipinski definition) is 9. The van der Waals surface area contributed by atoms with Crippen molar-refractivity contribution in [3.05, 3.63) is 63.1 Å². The Bertz CT molecular complexity index is 1710. The molecule has 3 heterocycles. The van der Waals surface area contributed by atoms with Crippen molar-refractivity contribution < 1.29 is 28.7 Å². The topological polar surface area (TPSA) is 161 Å². The number of aromatic amines is 1. The Morgan fingerprint density at radius 2 is 1.79 bits per heavy atom. The van der Waals surface area contributed by atoms with Crippen molar-refractivity contribution in [2.75, 3.05) is 18.5 Å². The molecule has 4 rings (SSSR count). The van der Waals surface area contributed by atoms with Gasteiger partial charge >= 0.3 is 11.9 Å². The molecular formula is C31H33N5O7. The Morgan fingerprint density at radius 1 is 1.07 bits per heavy atom. The Kier molecular flexibility index (Phi) is 9.24. The molecule has 0 saturated heterocycles. The van der Waals surface area contributed by atoms with Crippen molar-refractivity contribution >= 4 is 40.7 Å². The van der Waals surface area contributed by atoms with E-state index in [4.69, 9.17) is 9.47 Å². The largest absolute Gasteiger partial charge is 0.466 e. The monoisotopic (exact) mass is 587 g/mol. The van der Waals surface area contributed by atoms with Gasteiger partial charge in [-0.15, -0.1) is 0 Å². The standard InChI is InChI=1S/C31H33N5O7/c1-6-42-24(37)13-12-23(28(40)43-7-2)36-17-20-14-18(10-11-21(20)27(36)39)8-9-19-15-22-25(32-16-19)33-30(34-26(22)38)35-29(41)31(3,4)5/h10-11,14-16,23H,6-7,12-13,17H2,1-5H3,(H2,32,33,34,35,38,41)/t23-/m0/s1. The third-order valence-electron chi connectivity index (χ3n) is 6.62. The SMILES string of the molecule is CCOC(=O)CC[C@@H](C(=O)OCC)N1Cc2cc(C#Cc3cnc4nc(NC(=O)C(C)(C)C)[nH]c(=O)c4c3)ccc2C1=O. The number of rotatable bonds is 8. The summed E-state index contributed by atoms with van der Waals surface area (Å²) in [6.07, 6.45) is 1.53. The third-order valence-corrected chi connectivity index (χ3v) is 6.62. The normalized spacial score (nSPS) is 13.1. The van der Waals surface area contributed by atoms with Gasteiger partial charge in [0.25, 0.3) is 11.5 Å². The number of nitrogens with one attached hydrogen (secondary N) is 2. The molecule has 1 aliphatic heterocycles. The molecule has 0 fully saturated rings. The van der Waals surface area contributed by atoms with Crippen LogP contribution in [0.3, 0.4) is 0 Å². The molecule has 0 aliphatic carbocycles. The molecule has 2 amide bonds. The lowest BCUT2D eigenvalue weighted by Crippen LogP contribution is -2.42. The lowest BCUT2D eigenvalue weighted by Gasteiger charge is -2.25. The van der Waals surface area contributed by atoms with Gasteiger partial charge in [-0.1, -0.05) is 32.6 Å². The fourth-order valence-electron chi connectivity index (χ4n) is 4.39. The van der Waals surface area contributed by atoms with Crippen LogP contribution >= 0.6 is 0 Å². The minimum Gasteiger partial charge on any atom is -0.466 e. The summed E-state index contributed by atoms with van der Waals surface area (Å²) in [4.78, 5) is 75.2. The van der Waals surface area contributed by atoms with Gasteiger partial charge in [-0.2, -0.15) is 4.98 Å². The van der Waals surface area contributed by atoms with E-state index in [0.717, 1.165) is 0 Å². The van der Waals surface area contributed by atoms with Crippen LogP contribution in [0.1, 0.15) is 74.5 Å². The van der Waals surface area contributed by atoms with Gasteiger partial charge in [0, 0.05) is 41.3 Å². The van der Waals surface area contributed by atoms with Crippen molar-refractivity contribution in [3.8, 4) is 11.8 Å². The second kappa shape index (κ2) is 12.9. The minimum atomic E-state index is -0.934. The summed E-state index contributed by atoms with van der Waals surface area (Å²) in [6, 6.07) is 5.73. The van der Waals surface area contributed by atoms with E-state index in [1.54, 1.807) is 58.9 Å².